The second kappa shape index (κ2) is 10.3. The van der Waals surface area contributed by atoms with Gasteiger partial charge in [-0.25, -0.2) is 4.79 Å². The molecule has 128 valence electrons. The molecule has 0 amide bonds. The Labute approximate surface area is 136 Å². The number of carbonyl (C=O) groups excluding carboxylic acids is 1. The predicted octanol–water partition coefficient (Wildman–Crippen LogP) is 3.52. The van der Waals surface area contributed by atoms with Crippen LogP contribution in [0.15, 0.2) is 43.0 Å². The van der Waals surface area contributed by atoms with Crippen LogP contribution in [-0.2, 0) is 34.5 Å². The van der Waals surface area contributed by atoms with Crippen LogP contribution in [0, 0.1) is 0 Å². The number of benzene rings is 1. The number of esters is 1. The predicted molar refractivity (Wildman–Crippen MR) is 87.0 cm³/mol. The molecule has 0 radical (unpaired) electrons. The monoisotopic (exact) mass is 342 g/mol. The molecular formula is C16H23O6P. The summed E-state index contributed by atoms with van der Waals surface area (Å²) < 4.78 is 33.6. The molecule has 0 fully saturated rings. The van der Waals surface area contributed by atoms with Crippen molar-refractivity contribution in [3.63, 3.8) is 0 Å². The zero-order valence-corrected chi connectivity index (χ0v) is 14.4. The van der Waals surface area contributed by atoms with E-state index < -0.39 is 19.4 Å². The van der Waals surface area contributed by atoms with Crippen LogP contribution < -0.4 is 0 Å². The third-order valence-corrected chi connectivity index (χ3v) is 4.87. The van der Waals surface area contributed by atoms with Crippen LogP contribution in [0.1, 0.15) is 19.4 Å². The van der Waals surface area contributed by atoms with Gasteiger partial charge in [-0.3, -0.25) is 4.57 Å². The molecule has 0 aliphatic carbocycles. The molecule has 1 unspecified atom stereocenters. The quantitative estimate of drug-likeness (QED) is 0.348. The van der Waals surface area contributed by atoms with E-state index in [1.807, 2.05) is 30.3 Å². The van der Waals surface area contributed by atoms with E-state index >= 15 is 0 Å². The minimum absolute atomic E-state index is 0.0231. The first-order valence-corrected chi connectivity index (χ1v) is 9.00. The Bertz CT molecular complexity index is 521. The summed E-state index contributed by atoms with van der Waals surface area (Å²) in [6.45, 7) is 7.14. The maximum Gasteiger partial charge on any atom is 0.370 e. The molecular weight excluding hydrogens is 319 g/mol. The van der Waals surface area contributed by atoms with Crippen LogP contribution in [0.4, 0.5) is 0 Å². The minimum Gasteiger partial charge on any atom is -0.458 e. The highest BCUT2D eigenvalue weighted by molar-refractivity contribution is 7.55. The molecule has 23 heavy (non-hydrogen) atoms. The van der Waals surface area contributed by atoms with Crippen molar-refractivity contribution in [1.29, 1.82) is 0 Å². The fourth-order valence-corrected chi connectivity index (χ4v) is 3.45. The van der Waals surface area contributed by atoms with Crippen molar-refractivity contribution in [2.75, 3.05) is 19.8 Å². The number of carbonyl (C=O) groups is 1. The van der Waals surface area contributed by atoms with Gasteiger partial charge in [-0.2, -0.15) is 0 Å². The summed E-state index contributed by atoms with van der Waals surface area (Å²) in [4.78, 5) is 12.3. The lowest BCUT2D eigenvalue weighted by molar-refractivity contribution is -0.153. The van der Waals surface area contributed by atoms with Crippen molar-refractivity contribution in [3.8, 4) is 0 Å². The van der Waals surface area contributed by atoms with Gasteiger partial charge in [0.1, 0.15) is 6.61 Å². The van der Waals surface area contributed by atoms with Gasteiger partial charge in [0.2, 0.25) is 0 Å². The third kappa shape index (κ3) is 6.28. The Kier molecular flexibility index (Phi) is 8.81. The van der Waals surface area contributed by atoms with Gasteiger partial charge in [-0.15, -0.1) is 6.58 Å². The van der Waals surface area contributed by atoms with Gasteiger partial charge in [-0.1, -0.05) is 36.4 Å². The summed E-state index contributed by atoms with van der Waals surface area (Å²) in [6, 6.07) is 9.16. The summed E-state index contributed by atoms with van der Waals surface area (Å²) in [7, 11) is -3.78. The lowest BCUT2D eigenvalue weighted by Crippen LogP contribution is -2.29. The third-order valence-electron chi connectivity index (χ3n) is 2.70. The molecule has 0 spiro atoms. The average molecular weight is 342 g/mol. The van der Waals surface area contributed by atoms with Crippen molar-refractivity contribution in [3.05, 3.63) is 48.6 Å². The fraction of sp³-hybridized carbons (Fsp3) is 0.438. The van der Waals surface area contributed by atoms with E-state index in [4.69, 9.17) is 18.5 Å². The molecule has 1 rings (SSSR count). The SMILES string of the molecule is C=CCOC(C(=O)OCc1ccccc1)P(=O)(OCC)OCC. The van der Waals surface area contributed by atoms with Crippen LogP contribution in [0.5, 0.6) is 0 Å². The van der Waals surface area contributed by atoms with Crippen LogP contribution in [0.3, 0.4) is 0 Å². The second-order valence-corrected chi connectivity index (χ2v) is 6.51. The van der Waals surface area contributed by atoms with E-state index in [0.717, 1.165) is 5.56 Å². The Hall–Kier alpha value is -1.46. The summed E-state index contributed by atoms with van der Waals surface area (Å²) in [6.07, 6.45) is 1.44. The smallest absolute Gasteiger partial charge is 0.370 e. The molecule has 0 saturated heterocycles. The maximum atomic E-state index is 12.8. The first-order chi connectivity index (χ1) is 11.1. The van der Waals surface area contributed by atoms with Crippen molar-refractivity contribution < 1.29 is 27.9 Å². The van der Waals surface area contributed by atoms with Crippen LogP contribution >= 0.6 is 7.60 Å². The van der Waals surface area contributed by atoms with Gasteiger partial charge in [0.25, 0.3) is 5.85 Å². The standard InChI is InChI=1S/C16H23O6P/c1-4-12-19-16(23(18,21-5-2)22-6-3)15(17)20-13-14-10-8-7-9-11-14/h4,7-11,16H,1,5-6,12-13H2,2-3H3. The molecule has 0 saturated carbocycles. The zero-order chi connectivity index (χ0) is 17.1. The summed E-state index contributed by atoms with van der Waals surface area (Å²) in [5.74, 6) is -2.23. The molecule has 1 aromatic carbocycles. The molecule has 0 bridgehead atoms. The number of hydrogen-bond acceptors (Lipinski definition) is 6. The van der Waals surface area contributed by atoms with E-state index in [-0.39, 0.29) is 26.4 Å². The van der Waals surface area contributed by atoms with Gasteiger partial charge >= 0.3 is 13.6 Å². The lowest BCUT2D eigenvalue weighted by Gasteiger charge is -2.24. The molecule has 1 aromatic rings. The average Bonchev–Trinajstić information content (AvgIpc) is 2.54. The Balaban J connectivity index is 2.83. The summed E-state index contributed by atoms with van der Waals surface area (Å²) >= 11 is 0. The van der Waals surface area contributed by atoms with E-state index in [9.17, 15) is 9.36 Å². The van der Waals surface area contributed by atoms with E-state index in [1.165, 1.54) is 6.08 Å². The molecule has 6 nitrogen and oxygen atoms in total. The Morgan fingerprint density at radius 3 is 2.35 bits per heavy atom. The molecule has 7 heteroatoms. The Morgan fingerprint density at radius 1 is 1.22 bits per heavy atom. The molecule has 0 aromatic heterocycles. The summed E-state index contributed by atoms with van der Waals surface area (Å²) in [5.41, 5.74) is 0.811. The fourth-order valence-electron chi connectivity index (χ4n) is 1.78. The van der Waals surface area contributed by atoms with Gasteiger partial charge in [0.15, 0.2) is 0 Å². The largest absolute Gasteiger partial charge is 0.458 e. The van der Waals surface area contributed by atoms with Gasteiger partial charge in [0.05, 0.1) is 19.8 Å². The lowest BCUT2D eigenvalue weighted by atomic mass is 10.2. The van der Waals surface area contributed by atoms with Gasteiger partial charge in [-0.05, 0) is 19.4 Å². The van der Waals surface area contributed by atoms with Crippen molar-refractivity contribution >= 4 is 13.6 Å². The number of ether oxygens (including phenoxy) is 2. The molecule has 0 aliphatic heterocycles. The highest BCUT2D eigenvalue weighted by atomic mass is 31.2. The maximum absolute atomic E-state index is 12.8. The molecule has 1 atom stereocenters. The van der Waals surface area contributed by atoms with E-state index in [2.05, 4.69) is 6.58 Å². The van der Waals surface area contributed by atoms with E-state index in [1.54, 1.807) is 13.8 Å². The van der Waals surface area contributed by atoms with E-state index in [0.29, 0.717) is 0 Å². The highest BCUT2D eigenvalue weighted by Crippen LogP contribution is 2.53. The van der Waals surface area contributed by atoms with Crippen molar-refractivity contribution in [2.45, 2.75) is 26.3 Å². The van der Waals surface area contributed by atoms with Crippen molar-refractivity contribution in [1.82, 2.24) is 0 Å². The van der Waals surface area contributed by atoms with Crippen LogP contribution in [0.25, 0.3) is 0 Å². The Morgan fingerprint density at radius 2 is 1.83 bits per heavy atom. The first kappa shape index (κ1) is 19.6. The van der Waals surface area contributed by atoms with Crippen LogP contribution in [0.2, 0.25) is 0 Å². The van der Waals surface area contributed by atoms with Gasteiger partial charge in [0, 0.05) is 0 Å². The highest BCUT2D eigenvalue weighted by Gasteiger charge is 2.43. The zero-order valence-electron chi connectivity index (χ0n) is 13.5. The minimum atomic E-state index is -3.78. The topological polar surface area (TPSA) is 71.1 Å². The first-order valence-electron chi connectivity index (χ1n) is 7.39. The van der Waals surface area contributed by atoms with Gasteiger partial charge < -0.3 is 18.5 Å². The number of hydrogen-bond donors (Lipinski definition) is 0. The molecule has 0 aliphatic rings. The normalized spacial score (nSPS) is 12.6. The molecule has 0 N–H and O–H groups in total. The number of rotatable bonds is 11. The van der Waals surface area contributed by atoms with Crippen LogP contribution in [-0.4, -0.2) is 31.6 Å². The molecule has 0 heterocycles. The summed E-state index contributed by atoms with van der Waals surface area (Å²) in [5, 5.41) is 0. The van der Waals surface area contributed by atoms with Crippen molar-refractivity contribution in [2.24, 2.45) is 0 Å². The second-order valence-electron chi connectivity index (χ2n) is 4.44.